The molecule has 1 aromatic heterocycles. The second-order valence-electron chi connectivity index (χ2n) is 5.87. The molecule has 0 unspecified atom stereocenters. The van der Waals surface area contributed by atoms with Gasteiger partial charge in [0, 0.05) is 17.1 Å². The van der Waals surface area contributed by atoms with Crippen molar-refractivity contribution in [3.63, 3.8) is 0 Å². The molecule has 0 saturated carbocycles. The van der Waals surface area contributed by atoms with E-state index in [2.05, 4.69) is 5.10 Å². The SMILES string of the molecule is Cc1ccc(Cn2nc(C(=O)O)cc2-c2ccc(Cl)c(CN)c2)cc1. The van der Waals surface area contributed by atoms with Crippen LogP contribution < -0.4 is 5.73 Å². The maximum Gasteiger partial charge on any atom is 0.356 e. The number of nitrogens with zero attached hydrogens (tertiary/aromatic N) is 2. The molecule has 0 bridgehead atoms. The van der Waals surface area contributed by atoms with Gasteiger partial charge in [0.2, 0.25) is 0 Å². The van der Waals surface area contributed by atoms with E-state index in [0.717, 1.165) is 16.7 Å². The summed E-state index contributed by atoms with van der Waals surface area (Å²) in [5, 5.41) is 14.1. The predicted octanol–water partition coefficient (Wildman–Crippen LogP) is 3.72. The third-order valence-corrected chi connectivity index (χ3v) is 4.38. The van der Waals surface area contributed by atoms with Gasteiger partial charge in [-0.15, -0.1) is 0 Å². The van der Waals surface area contributed by atoms with E-state index < -0.39 is 5.97 Å². The monoisotopic (exact) mass is 355 g/mol. The summed E-state index contributed by atoms with van der Waals surface area (Å²) in [6, 6.07) is 15.1. The third kappa shape index (κ3) is 3.73. The van der Waals surface area contributed by atoms with Crippen LogP contribution in [-0.2, 0) is 13.1 Å². The first-order chi connectivity index (χ1) is 12.0. The molecule has 3 rings (SSSR count). The summed E-state index contributed by atoms with van der Waals surface area (Å²) in [6.45, 7) is 2.81. The maximum absolute atomic E-state index is 11.4. The minimum Gasteiger partial charge on any atom is -0.476 e. The van der Waals surface area contributed by atoms with Gasteiger partial charge in [-0.2, -0.15) is 5.10 Å². The molecule has 0 aliphatic heterocycles. The normalized spacial score (nSPS) is 10.8. The second kappa shape index (κ2) is 7.09. The Balaban J connectivity index is 2.05. The number of aromatic carboxylic acids is 1. The number of benzene rings is 2. The first kappa shape index (κ1) is 17.2. The molecule has 6 heteroatoms. The predicted molar refractivity (Wildman–Crippen MR) is 97.8 cm³/mol. The fourth-order valence-electron chi connectivity index (χ4n) is 2.63. The van der Waals surface area contributed by atoms with Gasteiger partial charge >= 0.3 is 5.97 Å². The van der Waals surface area contributed by atoms with E-state index in [9.17, 15) is 9.90 Å². The van der Waals surface area contributed by atoms with Gasteiger partial charge in [0.15, 0.2) is 5.69 Å². The van der Waals surface area contributed by atoms with Crippen LogP contribution in [0.4, 0.5) is 0 Å². The maximum atomic E-state index is 11.4. The Labute approximate surface area is 150 Å². The Kier molecular flexibility index (Phi) is 4.88. The Hall–Kier alpha value is -2.63. The van der Waals surface area contributed by atoms with E-state index in [1.165, 1.54) is 5.56 Å². The molecule has 2 aromatic carbocycles. The lowest BCUT2D eigenvalue weighted by molar-refractivity contribution is 0.0689. The number of nitrogens with two attached hydrogens (primary N) is 1. The van der Waals surface area contributed by atoms with Crippen LogP contribution in [0.5, 0.6) is 0 Å². The summed E-state index contributed by atoms with van der Waals surface area (Å²) in [7, 11) is 0. The van der Waals surface area contributed by atoms with Gasteiger partial charge in [-0.25, -0.2) is 4.79 Å². The second-order valence-corrected chi connectivity index (χ2v) is 6.28. The third-order valence-electron chi connectivity index (χ3n) is 4.01. The highest BCUT2D eigenvalue weighted by Crippen LogP contribution is 2.26. The van der Waals surface area contributed by atoms with Gasteiger partial charge < -0.3 is 10.8 Å². The number of halogens is 1. The van der Waals surface area contributed by atoms with E-state index >= 15 is 0 Å². The highest BCUT2D eigenvalue weighted by atomic mass is 35.5. The van der Waals surface area contributed by atoms with Crippen molar-refractivity contribution in [2.75, 3.05) is 0 Å². The lowest BCUT2D eigenvalue weighted by Crippen LogP contribution is -2.06. The van der Waals surface area contributed by atoms with Crippen LogP contribution in [0.2, 0.25) is 5.02 Å². The number of hydrogen-bond acceptors (Lipinski definition) is 3. The molecule has 3 aromatic rings. The minimum atomic E-state index is -1.06. The molecule has 3 N–H and O–H groups in total. The van der Waals surface area contributed by atoms with Gasteiger partial charge in [0.25, 0.3) is 0 Å². The zero-order chi connectivity index (χ0) is 18.0. The molecule has 0 atom stereocenters. The Morgan fingerprint density at radius 2 is 1.92 bits per heavy atom. The largest absolute Gasteiger partial charge is 0.476 e. The number of carbonyl (C=O) groups is 1. The average Bonchev–Trinajstić information content (AvgIpc) is 3.01. The van der Waals surface area contributed by atoms with E-state index in [0.29, 0.717) is 23.8 Å². The topological polar surface area (TPSA) is 81.1 Å². The van der Waals surface area contributed by atoms with E-state index in [1.54, 1.807) is 16.8 Å². The summed E-state index contributed by atoms with van der Waals surface area (Å²) in [5.41, 5.74) is 10.3. The van der Waals surface area contributed by atoms with E-state index in [4.69, 9.17) is 17.3 Å². The molecular formula is C19H18ClN3O2. The Bertz CT molecular complexity index is 917. The lowest BCUT2D eigenvalue weighted by atomic mass is 10.1. The first-order valence-corrected chi connectivity index (χ1v) is 8.21. The smallest absolute Gasteiger partial charge is 0.356 e. The standard InChI is InChI=1S/C19H18ClN3O2/c1-12-2-4-13(5-3-12)11-23-18(9-17(22-23)19(24)25)14-6-7-16(20)15(8-14)10-21/h2-9H,10-11,21H2,1H3,(H,24,25). The van der Waals surface area contributed by atoms with Crippen LogP contribution in [-0.4, -0.2) is 20.9 Å². The summed E-state index contributed by atoms with van der Waals surface area (Å²) >= 11 is 6.13. The van der Waals surface area contributed by atoms with Gasteiger partial charge in [0.05, 0.1) is 12.2 Å². The van der Waals surface area contributed by atoms with E-state index in [-0.39, 0.29) is 5.69 Å². The molecular weight excluding hydrogens is 338 g/mol. The van der Waals surface area contributed by atoms with Crippen molar-refractivity contribution in [3.8, 4) is 11.3 Å². The number of hydrogen-bond donors (Lipinski definition) is 2. The number of carboxylic acid groups (broad SMARTS) is 1. The Morgan fingerprint density at radius 1 is 1.20 bits per heavy atom. The van der Waals surface area contributed by atoms with Crippen LogP contribution in [0.1, 0.15) is 27.2 Å². The molecule has 25 heavy (non-hydrogen) atoms. The quantitative estimate of drug-likeness (QED) is 0.730. The van der Waals surface area contributed by atoms with E-state index in [1.807, 2.05) is 43.3 Å². The average molecular weight is 356 g/mol. The first-order valence-electron chi connectivity index (χ1n) is 7.83. The molecule has 0 saturated heterocycles. The van der Waals surface area contributed by atoms with Crippen LogP contribution in [0.25, 0.3) is 11.3 Å². The molecule has 0 aliphatic rings. The summed E-state index contributed by atoms with van der Waals surface area (Å²) < 4.78 is 1.69. The van der Waals surface area contributed by atoms with Crippen molar-refractivity contribution in [1.29, 1.82) is 0 Å². The Morgan fingerprint density at radius 3 is 2.56 bits per heavy atom. The van der Waals surface area contributed by atoms with Crippen molar-refractivity contribution >= 4 is 17.6 Å². The van der Waals surface area contributed by atoms with Crippen molar-refractivity contribution in [1.82, 2.24) is 9.78 Å². The molecule has 0 radical (unpaired) electrons. The minimum absolute atomic E-state index is 0.00589. The summed E-state index contributed by atoms with van der Waals surface area (Å²) in [6.07, 6.45) is 0. The van der Waals surface area contributed by atoms with Gasteiger partial charge in [0.1, 0.15) is 0 Å². The molecule has 0 fully saturated rings. The van der Waals surface area contributed by atoms with Crippen LogP contribution >= 0.6 is 11.6 Å². The van der Waals surface area contributed by atoms with Crippen molar-refractivity contribution in [2.45, 2.75) is 20.0 Å². The highest BCUT2D eigenvalue weighted by molar-refractivity contribution is 6.31. The fraction of sp³-hybridized carbons (Fsp3) is 0.158. The number of carboxylic acids is 1. The fourth-order valence-corrected chi connectivity index (χ4v) is 2.83. The molecule has 0 spiro atoms. The lowest BCUT2D eigenvalue weighted by Gasteiger charge is -2.10. The van der Waals surface area contributed by atoms with Gasteiger partial charge in [-0.05, 0) is 36.2 Å². The van der Waals surface area contributed by atoms with Crippen molar-refractivity contribution < 1.29 is 9.90 Å². The van der Waals surface area contributed by atoms with Gasteiger partial charge in [-0.1, -0.05) is 47.5 Å². The van der Waals surface area contributed by atoms with Crippen LogP contribution in [0, 0.1) is 6.92 Å². The zero-order valence-electron chi connectivity index (χ0n) is 13.7. The molecule has 0 amide bonds. The highest BCUT2D eigenvalue weighted by Gasteiger charge is 2.16. The molecule has 0 aliphatic carbocycles. The molecule has 1 heterocycles. The van der Waals surface area contributed by atoms with Crippen molar-refractivity contribution in [3.05, 3.63) is 75.9 Å². The number of aryl methyl sites for hydroxylation is 1. The number of aromatic nitrogens is 2. The van der Waals surface area contributed by atoms with Crippen LogP contribution in [0.3, 0.4) is 0 Å². The van der Waals surface area contributed by atoms with Crippen molar-refractivity contribution in [2.24, 2.45) is 5.73 Å². The molecule has 128 valence electrons. The van der Waals surface area contributed by atoms with Crippen LogP contribution in [0.15, 0.2) is 48.5 Å². The number of rotatable bonds is 5. The summed E-state index contributed by atoms with van der Waals surface area (Å²) in [5.74, 6) is -1.06. The zero-order valence-corrected chi connectivity index (χ0v) is 14.5. The summed E-state index contributed by atoms with van der Waals surface area (Å²) in [4.78, 5) is 11.4. The molecule has 5 nitrogen and oxygen atoms in total. The van der Waals surface area contributed by atoms with Gasteiger partial charge in [-0.3, -0.25) is 4.68 Å².